The van der Waals surface area contributed by atoms with E-state index < -0.39 is 0 Å². The molecule has 1 N–H and O–H groups in total. The summed E-state index contributed by atoms with van der Waals surface area (Å²) in [5.74, 6) is 0.783. The lowest BCUT2D eigenvalue weighted by Crippen LogP contribution is -2.35. The van der Waals surface area contributed by atoms with Crippen molar-refractivity contribution in [3.63, 3.8) is 0 Å². The molecular weight excluding hydrogens is 370 g/mol. The molecule has 3 fully saturated rings. The molecule has 6 heteroatoms. The number of piperidine rings is 1. The summed E-state index contributed by atoms with van der Waals surface area (Å²) in [4.78, 5) is 8.90. The largest absolute Gasteiger partial charge is 0.317 e. The lowest BCUT2D eigenvalue weighted by Gasteiger charge is -2.29. The molecular formula is C19H26ClN3S2. The van der Waals surface area contributed by atoms with Crippen molar-refractivity contribution in [3.05, 3.63) is 38.5 Å². The summed E-state index contributed by atoms with van der Waals surface area (Å²) in [5.41, 5.74) is 2.08. The quantitative estimate of drug-likeness (QED) is 0.771. The maximum atomic E-state index is 4.70. The van der Waals surface area contributed by atoms with Gasteiger partial charge in [0.25, 0.3) is 0 Å². The molecule has 2 aromatic rings. The van der Waals surface area contributed by atoms with Crippen LogP contribution in [0.1, 0.15) is 53.5 Å². The van der Waals surface area contributed by atoms with Crippen molar-refractivity contribution in [1.82, 2.24) is 15.2 Å². The van der Waals surface area contributed by atoms with E-state index in [2.05, 4.69) is 33.2 Å². The molecule has 1 saturated heterocycles. The van der Waals surface area contributed by atoms with Gasteiger partial charge in [0.2, 0.25) is 0 Å². The molecule has 25 heavy (non-hydrogen) atoms. The van der Waals surface area contributed by atoms with Crippen LogP contribution in [-0.2, 0) is 13.1 Å². The van der Waals surface area contributed by atoms with Crippen LogP contribution in [0.3, 0.4) is 0 Å². The number of hydrogen-bond donors (Lipinski definition) is 1. The van der Waals surface area contributed by atoms with E-state index in [-0.39, 0.29) is 12.4 Å². The average molecular weight is 396 g/mol. The molecule has 2 aliphatic carbocycles. The Morgan fingerprint density at radius 1 is 1.24 bits per heavy atom. The minimum absolute atomic E-state index is 0. The second kappa shape index (κ2) is 7.28. The third-order valence-corrected chi connectivity index (χ3v) is 7.89. The second-order valence-corrected chi connectivity index (χ2v) is 9.73. The number of thiazole rings is 1. The number of halogens is 1. The van der Waals surface area contributed by atoms with Gasteiger partial charge in [-0.1, -0.05) is 0 Å². The van der Waals surface area contributed by atoms with Crippen LogP contribution in [0.2, 0.25) is 0 Å². The van der Waals surface area contributed by atoms with Crippen molar-refractivity contribution < 1.29 is 0 Å². The molecule has 0 radical (unpaired) electrons. The molecule has 0 aromatic carbocycles. The maximum Gasteiger partial charge on any atom is 0.0959 e. The van der Waals surface area contributed by atoms with Gasteiger partial charge in [0, 0.05) is 36.1 Å². The van der Waals surface area contributed by atoms with E-state index in [4.69, 9.17) is 4.98 Å². The van der Waals surface area contributed by atoms with Crippen LogP contribution < -0.4 is 5.32 Å². The number of nitrogens with zero attached hydrogens (tertiary/aromatic N) is 2. The van der Waals surface area contributed by atoms with E-state index in [1.165, 1.54) is 60.6 Å². The molecule has 1 unspecified atom stereocenters. The smallest absolute Gasteiger partial charge is 0.0959 e. The zero-order valence-corrected chi connectivity index (χ0v) is 16.9. The highest BCUT2D eigenvalue weighted by atomic mass is 35.5. The molecule has 2 aromatic heterocycles. The van der Waals surface area contributed by atoms with Gasteiger partial charge in [-0.2, -0.15) is 11.3 Å². The highest BCUT2D eigenvalue weighted by molar-refractivity contribution is 7.11. The molecule has 1 atom stereocenters. The van der Waals surface area contributed by atoms with E-state index in [0.29, 0.717) is 5.41 Å². The lowest BCUT2D eigenvalue weighted by molar-refractivity contribution is 0.189. The fourth-order valence-corrected chi connectivity index (χ4v) is 6.08. The second-order valence-electron chi connectivity index (χ2n) is 7.81. The Hall–Kier alpha value is -0.460. The van der Waals surface area contributed by atoms with Crippen molar-refractivity contribution in [2.75, 3.05) is 13.1 Å². The van der Waals surface area contributed by atoms with E-state index in [1.807, 2.05) is 22.7 Å². The summed E-state index contributed by atoms with van der Waals surface area (Å²) in [6, 6.07) is 3.06. The SMILES string of the molecule is Cl.c1cc(CN(Cc2cnc(C3CC3)s2)C2CC23CCNCC3)cs1. The van der Waals surface area contributed by atoms with Crippen LogP contribution >= 0.6 is 35.1 Å². The lowest BCUT2D eigenvalue weighted by atomic mass is 9.93. The first-order chi connectivity index (χ1) is 11.8. The van der Waals surface area contributed by atoms with Gasteiger partial charge in [0.1, 0.15) is 0 Å². The molecule has 0 amide bonds. The molecule has 1 aliphatic heterocycles. The fraction of sp³-hybridized carbons (Fsp3) is 0.632. The molecule has 0 bridgehead atoms. The molecule has 136 valence electrons. The first kappa shape index (κ1) is 17.9. The molecule has 5 rings (SSSR count). The van der Waals surface area contributed by atoms with Crippen molar-refractivity contribution in [2.45, 2.75) is 57.2 Å². The molecule has 3 aliphatic rings. The minimum Gasteiger partial charge on any atom is -0.317 e. The zero-order chi connectivity index (χ0) is 16.0. The normalized spacial score (nSPS) is 24.4. The van der Waals surface area contributed by atoms with Crippen molar-refractivity contribution in [3.8, 4) is 0 Å². The molecule has 2 saturated carbocycles. The number of thiophene rings is 1. The monoisotopic (exact) mass is 395 g/mol. The van der Waals surface area contributed by atoms with Crippen LogP contribution in [0.5, 0.6) is 0 Å². The van der Waals surface area contributed by atoms with Crippen molar-refractivity contribution in [2.24, 2.45) is 5.41 Å². The molecule has 1 spiro atoms. The Labute approximate surface area is 164 Å². The Bertz CT molecular complexity index is 689. The van der Waals surface area contributed by atoms with Gasteiger partial charge >= 0.3 is 0 Å². The number of aromatic nitrogens is 1. The summed E-state index contributed by atoms with van der Waals surface area (Å²) in [6.07, 6.45) is 8.96. The maximum absolute atomic E-state index is 4.70. The Balaban J connectivity index is 0.00000157. The van der Waals surface area contributed by atoms with Crippen LogP contribution in [0.25, 0.3) is 0 Å². The molecule has 3 nitrogen and oxygen atoms in total. The number of rotatable bonds is 6. The van der Waals surface area contributed by atoms with E-state index >= 15 is 0 Å². The average Bonchev–Trinajstić information content (AvgIpc) is 3.44. The van der Waals surface area contributed by atoms with Gasteiger partial charge in [0.15, 0.2) is 0 Å². The van der Waals surface area contributed by atoms with Crippen molar-refractivity contribution in [1.29, 1.82) is 0 Å². The van der Waals surface area contributed by atoms with Gasteiger partial charge in [-0.25, -0.2) is 4.98 Å². The topological polar surface area (TPSA) is 28.2 Å². The summed E-state index contributed by atoms with van der Waals surface area (Å²) >= 11 is 3.78. The fourth-order valence-electron chi connectivity index (χ4n) is 4.31. The first-order valence-corrected chi connectivity index (χ1v) is 11.0. The highest BCUT2D eigenvalue weighted by Crippen LogP contribution is 2.56. The summed E-state index contributed by atoms with van der Waals surface area (Å²) in [6.45, 7) is 4.59. The predicted molar refractivity (Wildman–Crippen MR) is 108 cm³/mol. The van der Waals surface area contributed by atoms with Gasteiger partial charge in [-0.3, -0.25) is 4.90 Å². The summed E-state index contributed by atoms with van der Waals surface area (Å²) in [7, 11) is 0. The van der Waals surface area contributed by atoms with E-state index in [0.717, 1.165) is 25.0 Å². The van der Waals surface area contributed by atoms with Gasteiger partial charge < -0.3 is 5.32 Å². The first-order valence-electron chi connectivity index (χ1n) is 9.23. The minimum atomic E-state index is 0. The summed E-state index contributed by atoms with van der Waals surface area (Å²) < 4.78 is 0. The Morgan fingerprint density at radius 2 is 2.08 bits per heavy atom. The third kappa shape index (κ3) is 3.81. The van der Waals surface area contributed by atoms with Crippen LogP contribution in [0.15, 0.2) is 23.0 Å². The summed E-state index contributed by atoms with van der Waals surface area (Å²) in [5, 5.41) is 9.43. The highest BCUT2D eigenvalue weighted by Gasteiger charge is 2.56. The molecule has 3 heterocycles. The Morgan fingerprint density at radius 3 is 2.80 bits per heavy atom. The van der Waals surface area contributed by atoms with Gasteiger partial charge in [-0.05, 0) is 73.0 Å². The van der Waals surface area contributed by atoms with Crippen LogP contribution in [-0.4, -0.2) is 29.0 Å². The van der Waals surface area contributed by atoms with Crippen LogP contribution in [0, 0.1) is 5.41 Å². The number of hydrogen-bond acceptors (Lipinski definition) is 5. The van der Waals surface area contributed by atoms with Crippen molar-refractivity contribution >= 4 is 35.1 Å². The predicted octanol–water partition coefficient (Wildman–Crippen LogP) is 4.65. The van der Waals surface area contributed by atoms with E-state index in [9.17, 15) is 0 Å². The number of nitrogens with one attached hydrogen (secondary N) is 1. The van der Waals surface area contributed by atoms with Crippen LogP contribution in [0.4, 0.5) is 0 Å². The standard InChI is InChI=1S/C19H25N3S2.ClH/c1-2-15(1)18-21-10-16(24-18)12-22(11-14-3-8-23-13-14)17-9-19(17)4-6-20-7-5-19;/h3,8,10,13,15,17,20H,1-2,4-7,9,11-12H2;1H. The Kier molecular flexibility index (Phi) is 5.22. The zero-order valence-electron chi connectivity index (χ0n) is 14.4. The van der Waals surface area contributed by atoms with E-state index in [1.54, 1.807) is 0 Å². The van der Waals surface area contributed by atoms with Gasteiger partial charge in [-0.15, -0.1) is 23.7 Å². The third-order valence-electron chi connectivity index (χ3n) is 6.01. The van der Waals surface area contributed by atoms with Gasteiger partial charge in [0.05, 0.1) is 5.01 Å².